The Morgan fingerprint density at radius 2 is 2.00 bits per heavy atom. The Morgan fingerprint density at radius 1 is 1.42 bits per heavy atom. The van der Waals surface area contributed by atoms with Crippen molar-refractivity contribution in [2.45, 2.75) is 45.0 Å². The van der Waals surface area contributed by atoms with Gasteiger partial charge in [-0.05, 0) is 27.2 Å². The minimum absolute atomic E-state index is 0.0290. The molecule has 1 aliphatic heterocycles. The third-order valence-corrected chi connectivity index (χ3v) is 2.36. The molecule has 0 saturated carbocycles. The predicted molar refractivity (Wildman–Crippen MR) is 60.4 cm³/mol. The number of rotatable bonds is 2. The van der Waals surface area contributed by atoms with Crippen LogP contribution in [0, 0.1) is 0 Å². The molecule has 1 heterocycles. The van der Waals surface area contributed by atoms with Crippen molar-refractivity contribution >= 4 is 12.0 Å². The molecule has 1 fully saturated rings. The number of carbonyl (C=O) groups excluding carboxylic acids is 2. The van der Waals surface area contributed by atoms with Crippen LogP contribution in [0.5, 0.6) is 0 Å². The Balaban J connectivity index is 2.50. The third-order valence-electron chi connectivity index (χ3n) is 2.36. The van der Waals surface area contributed by atoms with Crippen molar-refractivity contribution in [3.8, 4) is 0 Å². The molecule has 1 N–H and O–H groups in total. The van der Waals surface area contributed by atoms with E-state index in [9.17, 15) is 22.8 Å². The molecule has 1 saturated heterocycles. The van der Waals surface area contributed by atoms with E-state index in [0.29, 0.717) is 4.90 Å². The van der Waals surface area contributed by atoms with Crippen LogP contribution in [0.3, 0.4) is 0 Å². The highest BCUT2D eigenvalue weighted by atomic mass is 19.4. The molecule has 1 atom stereocenters. The summed E-state index contributed by atoms with van der Waals surface area (Å²) in [4.78, 5) is 23.7. The lowest BCUT2D eigenvalue weighted by Crippen LogP contribution is -2.45. The second-order valence-corrected chi connectivity index (χ2v) is 5.36. The quantitative estimate of drug-likeness (QED) is 0.838. The van der Waals surface area contributed by atoms with Crippen molar-refractivity contribution < 1.29 is 27.5 Å². The second kappa shape index (κ2) is 5.26. The lowest BCUT2D eigenvalue weighted by molar-refractivity contribution is -0.157. The average Bonchev–Trinajstić information content (AvgIpc) is 2.44. The molecule has 1 aliphatic rings. The molecular weight excluding hydrogens is 265 g/mol. The van der Waals surface area contributed by atoms with Crippen molar-refractivity contribution in [3.05, 3.63) is 0 Å². The SMILES string of the molecule is CC(C)(C)OC(=O)N[C@@H]1CCN(CC(F)(F)F)C1=O. The Morgan fingerprint density at radius 3 is 2.47 bits per heavy atom. The number of nitrogens with zero attached hydrogens (tertiary/aromatic N) is 1. The van der Waals surface area contributed by atoms with Gasteiger partial charge in [-0.1, -0.05) is 0 Å². The standard InChI is InChI=1S/C11H17F3N2O3/c1-10(2,3)19-9(18)15-7-4-5-16(8(7)17)6-11(12,13)14/h7H,4-6H2,1-3H3,(H,15,18)/t7-/m1/s1. The number of nitrogens with one attached hydrogen (secondary N) is 1. The van der Waals surface area contributed by atoms with Crippen LogP contribution in [-0.2, 0) is 9.53 Å². The topological polar surface area (TPSA) is 58.6 Å². The average molecular weight is 282 g/mol. The first-order valence-electron chi connectivity index (χ1n) is 5.83. The molecule has 0 unspecified atom stereocenters. The monoisotopic (exact) mass is 282 g/mol. The van der Waals surface area contributed by atoms with Crippen LogP contribution in [0.4, 0.5) is 18.0 Å². The Hall–Kier alpha value is -1.47. The first-order valence-corrected chi connectivity index (χ1v) is 5.83. The van der Waals surface area contributed by atoms with Crippen molar-refractivity contribution in [2.75, 3.05) is 13.1 Å². The number of ether oxygens (including phenoxy) is 1. The Kier molecular flexibility index (Phi) is 4.32. The van der Waals surface area contributed by atoms with Gasteiger partial charge in [0.15, 0.2) is 0 Å². The molecule has 110 valence electrons. The number of likely N-dealkylation sites (tertiary alicyclic amines) is 1. The van der Waals surface area contributed by atoms with Crippen LogP contribution in [0.2, 0.25) is 0 Å². The molecule has 0 aromatic rings. The van der Waals surface area contributed by atoms with Gasteiger partial charge in [-0.15, -0.1) is 0 Å². The smallest absolute Gasteiger partial charge is 0.408 e. The number of alkyl halides is 3. The molecule has 0 bridgehead atoms. The molecule has 8 heteroatoms. The van der Waals surface area contributed by atoms with E-state index in [1.165, 1.54) is 0 Å². The van der Waals surface area contributed by atoms with Crippen LogP contribution in [0.25, 0.3) is 0 Å². The fourth-order valence-electron chi connectivity index (χ4n) is 1.70. The number of hydrogen-bond donors (Lipinski definition) is 1. The first-order chi connectivity index (χ1) is 8.48. The maximum absolute atomic E-state index is 12.2. The Bertz CT molecular complexity index is 363. The molecule has 19 heavy (non-hydrogen) atoms. The van der Waals surface area contributed by atoms with Crippen LogP contribution < -0.4 is 5.32 Å². The van der Waals surface area contributed by atoms with Gasteiger partial charge in [0, 0.05) is 6.54 Å². The highest BCUT2D eigenvalue weighted by molar-refractivity contribution is 5.87. The maximum atomic E-state index is 12.2. The van der Waals surface area contributed by atoms with Crippen molar-refractivity contribution in [2.24, 2.45) is 0 Å². The van der Waals surface area contributed by atoms with Gasteiger partial charge in [0.1, 0.15) is 18.2 Å². The summed E-state index contributed by atoms with van der Waals surface area (Å²) >= 11 is 0. The van der Waals surface area contributed by atoms with Crippen LogP contribution >= 0.6 is 0 Å². The van der Waals surface area contributed by atoms with E-state index in [1.54, 1.807) is 20.8 Å². The lowest BCUT2D eigenvalue weighted by atomic mass is 10.2. The van der Waals surface area contributed by atoms with Crippen LogP contribution in [0.15, 0.2) is 0 Å². The second-order valence-electron chi connectivity index (χ2n) is 5.36. The zero-order valence-corrected chi connectivity index (χ0v) is 11.0. The fourth-order valence-corrected chi connectivity index (χ4v) is 1.70. The molecule has 0 radical (unpaired) electrons. The van der Waals surface area contributed by atoms with Crippen molar-refractivity contribution in [1.29, 1.82) is 0 Å². The van der Waals surface area contributed by atoms with Gasteiger partial charge < -0.3 is 15.0 Å². The number of hydrogen-bond acceptors (Lipinski definition) is 3. The molecule has 1 rings (SSSR count). The summed E-state index contributed by atoms with van der Waals surface area (Å²) in [5.74, 6) is -0.733. The summed E-state index contributed by atoms with van der Waals surface area (Å²) in [6, 6.07) is -0.947. The Labute approximate surface area is 109 Å². The molecular formula is C11H17F3N2O3. The molecule has 0 spiro atoms. The molecule has 5 nitrogen and oxygen atoms in total. The van der Waals surface area contributed by atoms with Crippen molar-refractivity contribution in [1.82, 2.24) is 10.2 Å². The van der Waals surface area contributed by atoms with Crippen LogP contribution in [0.1, 0.15) is 27.2 Å². The number of amides is 2. The minimum Gasteiger partial charge on any atom is -0.444 e. The normalized spacial score (nSPS) is 20.6. The molecule has 0 aromatic carbocycles. The van der Waals surface area contributed by atoms with Gasteiger partial charge in [-0.3, -0.25) is 4.79 Å². The highest BCUT2D eigenvalue weighted by Gasteiger charge is 2.40. The lowest BCUT2D eigenvalue weighted by Gasteiger charge is -2.22. The van der Waals surface area contributed by atoms with Crippen molar-refractivity contribution in [3.63, 3.8) is 0 Å². The van der Waals surface area contributed by atoms with E-state index in [0.717, 1.165) is 0 Å². The van der Waals surface area contributed by atoms with E-state index in [4.69, 9.17) is 4.74 Å². The van der Waals surface area contributed by atoms with E-state index in [1.807, 2.05) is 0 Å². The molecule has 0 aromatic heterocycles. The van der Waals surface area contributed by atoms with Gasteiger partial charge in [-0.2, -0.15) is 13.2 Å². The summed E-state index contributed by atoms with van der Waals surface area (Å²) in [7, 11) is 0. The van der Waals surface area contributed by atoms with Gasteiger partial charge >= 0.3 is 12.3 Å². The minimum atomic E-state index is -4.43. The molecule has 2 amide bonds. The number of carbonyl (C=O) groups is 2. The zero-order valence-electron chi connectivity index (χ0n) is 11.0. The zero-order chi connectivity index (χ0) is 14.8. The largest absolute Gasteiger partial charge is 0.444 e. The predicted octanol–water partition coefficient (Wildman–Crippen LogP) is 1.67. The van der Waals surface area contributed by atoms with Gasteiger partial charge in [-0.25, -0.2) is 4.79 Å². The van der Waals surface area contributed by atoms with Crippen LogP contribution in [-0.4, -0.2) is 47.8 Å². The summed E-state index contributed by atoms with van der Waals surface area (Å²) in [6.45, 7) is 3.63. The van der Waals surface area contributed by atoms with Gasteiger partial charge in [0.25, 0.3) is 0 Å². The maximum Gasteiger partial charge on any atom is 0.408 e. The summed E-state index contributed by atoms with van der Waals surface area (Å²) < 4.78 is 41.5. The summed E-state index contributed by atoms with van der Waals surface area (Å²) in [5, 5.41) is 2.28. The van der Waals surface area contributed by atoms with Gasteiger partial charge in [0.2, 0.25) is 5.91 Å². The van der Waals surface area contributed by atoms with E-state index in [-0.39, 0.29) is 13.0 Å². The van der Waals surface area contributed by atoms with E-state index < -0.39 is 36.4 Å². The number of halogens is 3. The summed E-state index contributed by atoms with van der Waals surface area (Å²) in [5.41, 5.74) is -0.725. The highest BCUT2D eigenvalue weighted by Crippen LogP contribution is 2.21. The van der Waals surface area contributed by atoms with E-state index in [2.05, 4.69) is 5.32 Å². The molecule has 0 aliphatic carbocycles. The van der Waals surface area contributed by atoms with E-state index >= 15 is 0 Å². The number of alkyl carbamates (subject to hydrolysis) is 1. The summed E-state index contributed by atoms with van der Waals surface area (Å²) in [6.07, 6.45) is -5.09. The van der Waals surface area contributed by atoms with Gasteiger partial charge in [0.05, 0.1) is 0 Å². The fraction of sp³-hybridized carbons (Fsp3) is 0.818. The third kappa shape index (κ3) is 5.35. The first kappa shape index (κ1) is 15.6.